The second-order valence-electron chi connectivity index (χ2n) is 12.9. The molecule has 3 aliphatic carbocycles. The third kappa shape index (κ3) is 5.91. The molecule has 0 spiro atoms. The van der Waals surface area contributed by atoms with E-state index < -0.39 is 41.0 Å². The number of piperidine rings is 1. The average molecular weight is 651 g/mol. The first-order valence-corrected chi connectivity index (χ1v) is 15.8. The molecule has 3 atom stereocenters. The van der Waals surface area contributed by atoms with Gasteiger partial charge in [-0.05, 0) is 81.5 Å². The molecule has 2 fully saturated rings. The zero-order valence-corrected chi connectivity index (χ0v) is 25.4. The highest BCUT2D eigenvalue weighted by Crippen LogP contribution is 2.60. The van der Waals surface area contributed by atoms with Crippen molar-refractivity contribution in [3.05, 3.63) is 57.4 Å². The second kappa shape index (κ2) is 11.8. The van der Waals surface area contributed by atoms with Crippen LogP contribution in [0.2, 0.25) is 5.02 Å². The number of nitrogens with one attached hydrogen (secondary N) is 2. The molecule has 1 saturated carbocycles. The molecule has 2 unspecified atom stereocenters. The quantitative estimate of drug-likeness (QED) is 0.346. The van der Waals surface area contributed by atoms with E-state index in [1.54, 1.807) is 6.08 Å². The lowest BCUT2D eigenvalue weighted by atomic mass is 9.82. The van der Waals surface area contributed by atoms with Crippen molar-refractivity contribution in [2.45, 2.75) is 81.5 Å². The fourth-order valence-electron chi connectivity index (χ4n) is 7.08. The van der Waals surface area contributed by atoms with Crippen molar-refractivity contribution in [1.82, 2.24) is 20.4 Å². The molecule has 1 saturated heterocycles. The molecule has 1 aliphatic heterocycles. The number of nitrogens with zero attached hydrogens (tertiary/aromatic N) is 2. The SMILES string of the molecule is O=C(O)C1CC=C(c2nn(C(=O)c3c(Cl)cccc3C3(C(F)(F)F)CC3)c3c2CCC(C(=O)NC[C@]2(F)CCCNC2)C3)CC1. The topological polar surface area (TPSA) is 113 Å². The summed E-state index contributed by atoms with van der Waals surface area (Å²) >= 11 is 6.45. The van der Waals surface area contributed by atoms with Gasteiger partial charge in [0, 0.05) is 24.4 Å². The maximum absolute atomic E-state index is 15.2. The molecule has 8 nitrogen and oxygen atoms in total. The number of carbonyl (C=O) groups excluding carboxylic acids is 2. The molecule has 1 amide bonds. The van der Waals surface area contributed by atoms with Gasteiger partial charge in [-0.3, -0.25) is 14.4 Å². The predicted octanol–water partition coefficient (Wildman–Crippen LogP) is 5.40. The number of hydrogen-bond acceptors (Lipinski definition) is 5. The Morgan fingerprint density at radius 1 is 1.13 bits per heavy atom. The predicted molar refractivity (Wildman–Crippen MR) is 158 cm³/mol. The van der Waals surface area contributed by atoms with Crippen LogP contribution in [0.5, 0.6) is 0 Å². The molecule has 1 aromatic heterocycles. The lowest BCUT2D eigenvalue weighted by molar-refractivity contribution is -0.160. The summed E-state index contributed by atoms with van der Waals surface area (Å²) in [5.41, 5.74) is -1.84. The number of hydrogen-bond donors (Lipinski definition) is 3. The van der Waals surface area contributed by atoms with Gasteiger partial charge in [0.2, 0.25) is 5.91 Å². The first kappa shape index (κ1) is 31.7. The van der Waals surface area contributed by atoms with Gasteiger partial charge in [0.05, 0.1) is 39.9 Å². The number of fused-ring (bicyclic) bond motifs is 1. The summed E-state index contributed by atoms with van der Waals surface area (Å²) < 4.78 is 59.0. The van der Waals surface area contributed by atoms with Crippen LogP contribution >= 0.6 is 11.6 Å². The number of rotatable bonds is 7. The Kier molecular flexibility index (Phi) is 8.34. The Morgan fingerprint density at radius 3 is 2.51 bits per heavy atom. The minimum absolute atomic E-state index is 0.0761. The van der Waals surface area contributed by atoms with Gasteiger partial charge in [-0.1, -0.05) is 29.8 Å². The number of aromatic nitrogens is 2. The molecular formula is C32H35ClF4N4O4. The van der Waals surface area contributed by atoms with Crippen LogP contribution in [0.15, 0.2) is 24.3 Å². The molecule has 1 aromatic carbocycles. The Hall–Kier alpha value is -3.25. The molecule has 13 heteroatoms. The van der Waals surface area contributed by atoms with E-state index in [-0.39, 0.29) is 60.8 Å². The van der Waals surface area contributed by atoms with Crippen LogP contribution in [0.4, 0.5) is 17.6 Å². The standard InChI is InChI=1S/C32H35ClF4N4O4/c33-23-4-1-3-22(31(12-13-31)32(35,36)37)25(23)28(43)41-24-15-20(27(42)39-17-30(34)11-2-14-38-16-30)9-10-21(24)26(40-41)18-5-7-19(8-6-18)29(44)45/h1,3-5,19-20,38H,2,6-17H2,(H,39,42)(H,44,45)/t19?,20?,30-/m0/s1. The maximum atomic E-state index is 15.2. The van der Waals surface area contributed by atoms with Crippen molar-refractivity contribution < 1.29 is 37.1 Å². The van der Waals surface area contributed by atoms with E-state index in [4.69, 9.17) is 11.6 Å². The van der Waals surface area contributed by atoms with E-state index in [1.807, 2.05) is 0 Å². The lowest BCUT2D eigenvalue weighted by Crippen LogP contribution is -2.51. The summed E-state index contributed by atoms with van der Waals surface area (Å²) in [5, 5.41) is 19.7. The first-order valence-electron chi connectivity index (χ1n) is 15.4. The minimum atomic E-state index is -4.58. The van der Waals surface area contributed by atoms with Crippen LogP contribution in [-0.4, -0.2) is 64.2 Å². The van der Waals surface area contributed by atoms with E-state index in [0.717, 1.165) is 16.8 Å². The Labute approximate surface area is 262 Å². The number of allylic oxidation sites excluding steroid dienone is 2. The molecular weight excluding hydrogens is 616 g/mol. The van der Waals surface area contributed by atoms with Gasteiger partial charge in [-0.15, -0.1) is 0 Å². The molecule has 6 rings (SSSR count). The van der Waals surface area contributed by atoms with E-state index in [9.17, 15) is 32.7 Å². The highest BCUT2D eigenvalue weighted by atomic mass is 35.5. The Bertz CT molecular complexity index is 1560. The van der Waals surface area contributed by atoms with Gasteiger partial charge in [-0.25, -0.2) is 4.39 Å². The number of carboxylic acid groups (broad SMARTS) is 1. The Balaban J connectivity index is 1.36. The van der Waals surface area contributed by atoms with Crippen LogP contribution in [0.25, 0.3) is 5.57 Å². The van der Waals surface area contributed by atoms with E-state index in [2.05, 4.69) is 15.7 Å². The number of benzene rings is 1. The van der Waals surface area contributed by atoms with Crippen LogP contribution in [0, 0.1) is 11.8 Å². The van der Waals surface area contributed by atoms with Crippen LogP contribution in [0.3, 0.4) is 0 Å². The van der Waals surface area contributed by atoms with Gasteiger partial charge in [-0.2, -0.15) is 23.0 Å². The fourth-order valence-corrected chi connectivity index (χ4v) is 7.34. The third-order valence-electron chi connectivity index (χ3n) is 9.94. The summed E-state index contributed by atoms with van der Waals surface area (Å²) in [5.74, 6) is -3.22. The maximum Gasteiger partial charge on any atom is 0.398 e. The van der Waals surface area contributed by atoms with Gasteiger partial charge >= 0.3 is 12.1 Å². The van der Waals surface area contributed by atoms with E-state index in [1.165, 1.54) is 18.2 Å². The minimum Gasteiger partial charge on any atom is -0.481 e. The van der Waals surface area contributed by atoms with Crippen LogP contribution in [0.1, 0.15) is 84.2 Å². The zero-order valence-electron chi connectivity index (χ0n) is 24.6. The van der Waals surface area contributed by atoms with Gasteiger partial charge < -0.3 is 15.7 Å². The van der Waals surface area contributed by atoms with Crippen molar-refractivity contribution in [3.63, 3.8) is 0 Å². The number of carbonyl (C=O) groups is 3. The molecule has 0 radical (unpaired) electrons. The molecule has 2 heterocycles. The number of carboxylic acids is 1. The van der Waals surface area contributed by atoms with E-state index >= 15 is 4.39 Å². The molecule has 0 bridgehead atoms. The van der Waals surface area contributed by atoms with Crippen molar-refractivity contribution in [1.29, 1.82) is 0 Å². The summed E-state index contributed by atoms with van der Waals surface area (Å²) in [6.45, 7) is 0.714. The number of halogens is 5. The second-order valence-corrected chi connectivity index (χ2v) is 13.3. The van der Waals surface area contributed by atoms with Crippen LogP contribution in [-0.2, 0) is 27.8 Å². The van der Waals surface area contributed by atoms with Gasteiger partial charge in [0.25, 0.3) is 5.91 Å². The third-order valence-corrected chi connectivity index (χ3v) is 10.3. The lowest BCUT2D eigenvalue weighted by Gasteiger charge is -2.31. The monoisotopic (exact) mass is 650 g/mol. The highest BCUT2D eigenvalue weighted by molar-refractivity contribution is 6.34. The number of amides is 1. The molecule has 2 aromatic rings. The van der Waals surface area contributed by atoms with Crippen molar-refractivity contribution >= 4 is 35.0 Å². The molecule has 4 aliphatic rings. The smallest absolute Gasteiger partial charge is 0.398 e. The highest BCUT2D eigenvalue weighted by Gasteiger charge is 2.65. The summed E-state index contributed by atoms with van der Waals surface area (Å²) in [7, 11) is 0. The van der Waals surface area contributed by atoms with Gasteiger partial charge in [0.15, 0.2) is 0 Å². The van der Waals surface area contributed by atoms with E-state index in [0.29, 0.717) is 55.5 Å². The van der Waals surface area contributed by atoms with Crippen LogP contribution < -0.4 is 10.6 Å². The van der Waals surface area contributed by atoms with Crippen molar-refractivity contribution in [3.8, 4) is 0 Å². The molecule has 45 heavy (non-hydrogen) atoms. The fraction of sp³-hybridized carbons (Fsp3) is 0.562. The normalized spacial score (nSPS) is 26.0. The number of aliphatic carboxylic acids is 1. The molecule has 3 N–H and O–H groups in total. The zero-order chi connectivity index (χ0) is 32.1. The summed E-state index contributed by atoms with van der Waals surface area (Å²) in [6, 6.07) is 4.06. The van der Waals surface area contributed by atoms with Crippen molar-refractivity contribution in [2.75, 3.05) is 19.6 Å². The number of alkyl halides is 4. The first-order chi connectivity index (χ1) is 21.3. The summed E-state index contributed by atoms with van der Waals surface area (Å²) in [4.78, 5) is 39.1. The Morgan fingerprint density at radius 2 is 1.89 bits per heavy atom. The van der Waals surface area contributed by atoms with Gasteiger partial charge in [0.1, 0.15) is 5.67 Å². The summed E-state index contributed by atoms with van der Waals surface area (Å²) in [6.07, 6.45) is -0.215. The largest absolute Gasteiger partial charge is 0.481 e. The molecule has 242 valence electrons. The van der Waals surface area contributed by atoms with Crippen molar-refractivity contribution in [2.24, 2.45) is 11.8 Å². The average Bonchev–Trinajstić information content (AvgIpc) is 3.76.